The Balaban J connectivity index is 2.08. The third-order valence-corrected chi connectivity index (χ3v) is 3.25. The van der Waals surface area contributed by atoms with Crippen LogP contribution in [0.4, 0.5) is 0 Å². The number of hydrogen-bond acceptors (Lipinski definition) is 5. The smallest absolute Gasteiger partial charge is 0.187 e. The van der Waals surface area contributed by atoms with Gasteiger partial charge in [-0.25, -0.2) is 0 Å². The number of carbonyl (C=O) groups excluding carboxylic acids is 1. The average molecular weight is 322 g/mol. The molecule has 1 aromatic carbocycles. The van der Waals surface area contributed by atoms with Gasteiger partial charge in [-0.2, -0.15) is 5.26 Å². The highest BCUT2D eigenvalue weighted by Gasteiger charge is 2.06. The molecule has 0 fully saturated rings. The Kier molecular flexibility index (Phi) is 6.54. The second kappa shape index (κ2) is 9.11. The standard InChI is InChI=1S/C19H18N2O3/c1-23-18-9-7-15(13-19(18)24-12-3-2-10-20)6-8-17(22)16-5-4-11-21-14-16/h4-9,11,13-14H,2-3,12H2,1H3/b8-6-. The van der Waals surface area contributed by atoms with Gasteiger partial charge in [0.25, 0.3) is 0 Å². The summed E-state index contributed by atoms with van der Waals surface area (Å²) in [6.07, 6.45) is 7.47. The van der Waals surface area contributed by atoms with E-state index in [-0.39, 0.29) is 5.78 Å². The maximum absolute atomic E-state index is 12.1. The van der Waals surface area contributed by atoms with Gasteiger partial charge in [0.15, 0.2) is 17.3 Å². The lowest BCUT2D eigenvalue weighted by atomic mass is 10.1. The highest BCUT2D eigenvalue weighted by Crippen LogP contribution is 2.28. The number of methoxy groups -OCH3 is 1. The first kappa shape index (κ1) is 17.2. The Morgan fingerprint density at radius 1 is 1.33 bits per heavy atom. The number of carbonyl (C=O) groups is 1. The van der Waals surface area contributed by atoms with Gasteiger partial charge in [-0.15, -0.1) is 0 Å². The summed E-state index contributed by atoms with van der Waals surface area (Å²) in [7, 11) is 1.57. The van der Waals surface area contributed by atoms with Gasteiger partial charge in [-0.3, -0.25) is 9.78 Å². The number of nitriles is 1. The van der Waals surface area contributed by atoms with Crippen molar-refractivity contribution in [3.63, 3.8) is 0 Å². The van der Waals surface area contributed by atoms with Crippen molar-refractivity contribution in [1.29, 1.82) is 5.26 Å². The van der Waals surface area contributed by atoms with E-state index < -0.39 is 0 Å². The van der Waals surface area contributed by atoms with Crippen molar-refractivity contribution >= 4 is 11.9 Å². The van der Waals surface area contributed by atoms with Crippen LogP contribution in [0.1, 0.15) is 28.8 Å². The molecule has 2 rings (SSSR count). The van der Waals surface area contributed by atoms with E-state index in [0.29, 0.717) is 36.5 Å². The number of aromatic nitrogens is 1. The molecule has 0 aliphatic rings. The van der Waals surface area contributed by atoms with Crippen molar-refractivity contribution in [3.05, 3.63) is 59.9 Å². The molecule has 0 unspecified atom stereocenters. The Morgan fingerprint density at radius 2 is 2.21 bits per heavy atom. The first-order valence-electron chi connectivity index (χ1n) is 7.55. The molecule has 0 spiro atoms. The molecule has 0 atom stereocenters. The van der Waals surface area contributed by atoms with Gasteiger partial charge in [0, 0.05) is 24.4 Å². The number of unbranched alkanes of at least 4 members (excludes halogenated alkanes) is 1. The normalized spacial score (nSPS) is 10.3. The van der Waals surface area contributed by atoms with Crippen LogP contribution in [0.15, 0.2) is 48.8 Å². The van der Waals surface area contributed by atoms with Crippen LogP contribution in [-0.4, -0.2) is 24.5 Å². The summed E-state index contributed by atoms with van der Waals surface area (Å²) in [5, 5.41) is 8.55. The van der Waals surface area contributed by atoms with Gasteiger partial charge in [0.05, 0.1) is 19.8 Å². The quantitative estimate of drug-likeness (QED) is 0.421. The lowest BCUT2D eigenvalue weighted by Gasteiger charge is -2.10. The second-order valence-electron chi connectivity index (χ2n) is 4.96. The Morgan fingerprint density at radius 3 is 2.92 bits per heavy atom. The van der Waals surface area contributed by atoms with Crippen LogP contribution >= 0.6 is 0 Å². The second-order valence-corrected chi connectivity index (χ2v) is 4.96. The van der Waals surface area contributed by atoms with Crippen molar-refractivity contribution in [2.75, 3.05) is 13.7 Å². The van der Waals surface area contributed by atoms with Gasteiger partial charge in [0.1, 0.15) is 0 Å². The van der Waals surface area contributed by atoms with Crippen molar-refractivity contribution in [2.45, 2.75) is 12.8 Å². The zero-order valence-corrected chi connectivity index (χ0v) is 13.4. The van der Waals surface area contributed by atoms with E-state index in [0.717, 1.165) is 5.56 Å². The fraction of sp³-hybridized carbons (Fsp3) is 0.211. The molecule has 0 saturated carbocycles. The van der Waals surface area contributed by atoms with Crippen LogP contribution in [0, 0.1) is 11.3 Å². The number of ether oxygens (including phenoxy) is 2. The number of pyridine rings is 1. The van der Waals surface area contributed by atoms with Crippen LogP contribution < -0.4 is 9.47 Å². The molecule has 0 aliphatic heterocycles. The molecule has 0 aliphatic carbocycles. The first-order chi connectivity index (χ1) is 11.7. The maximum Gasteiger partial charge on any atom is 0.187 e. The van der Waals surface area contributed by atoms with E-state index in [1.807, 2.05) is 6.07 Å². The molecule has 5 heteroatoms. The number of rotatable bonds is 8. The van der Waals surface area contributed by atoms with Gasteiger partial charge in [-0.1, -0.05) is 12.1 Å². The fourth-order valence-electron chi connectivity index (χ4n) is 2.02. The number of hydrogen-bond donors (Lipinski definition) is 0. The van der Waals surface area contributed by atoms with E-state index in [2.05, 4.69) is 11.1 Å². The van der Waals surface area contributed by atoms with E-state index in [1.165, 1.54) is 12.3 Å². The molecule has 1 heterocycles. The molecule has 122 valence electrons. The molecule has 5 nitrogen and oxygen atoms in total. The third-order valence-electron chi connectivity index (χ3n) is 3.25. The SMILES string of the molecule is COc1ccc(/C=C\C(=O)c2cccnc2)cc1OCCCC#N. The van der Waals surface area contributed by atoms with Gasteiger partial charge in [-0.05, 0) is 42.3 Å². The van der Waals surface area contributed by atoms with Crippen molar-refractivity contribution in [2.24, 2.45) is 0 Å². The zero-order valence-electron chi connectivity index (χ0n) is 13.4. The van der Waals surface area contributed by atoms with Crippen molar-refractivity contribution < 1.29 is 14.3 Å². The summed E-state index contributed by atoms with van der Waals surface area (Å²) < 4.78 is 10.9. The summed E-state index contributed by atoms with van der Waals surface area (Å²) in [6.45, 7) is 0.436. The lowest BCUT2D eigenvalue weighted by molar-refractivity contribution is 0.104. The zero-order chi connectivity index (χ0) is 17.2. The van der Waals surface area contributed by atoms with Crippen LogP contribution in [0.3, 0.4) is 0 Å². The Bertz CT molecular complexity index is 749. The van der Waals surface area contributed by atoms with E-state index in [4.69, 9.17) is 14.7 Å². The molecule has 0 amide bonds. The van der Waals surface area contributed by atoms with Gasteiger partial charge < -0.3 is 9.47 Å². The Hall–Kier alpha value is -3.13. The largest absolute Gasteiger partial charge is 0.493 e. The minimum atomic E-state index is -0.115. The molecule has 0 bridgehead atoms. The van der Waals surface area contributed by atoms with Gasteiger partial charge in [0.2, 0.25) is 0 Å². The fourth-order valence-corrected chi connectivity index (χ4v) is 2.02. The molecule has 0 saturated heterocycles. The first-order valence-corrected chi connectivity index (χ1v) is 7.55. The summed E-state index contributed by atoms with van der Waals surface area (Å²) in [5.41, 5.74) is 1.36. The molecule has 1 aromatic heterocycles. The molecule has 2 aromatic rings. The van der Waals surface area contributed by atoms with Crippen LogP contribution in [0.5, 0.6) is 11.5 Å². The predicted molar refractivity (Wildman–Crippen MR) is 90.9 cm³/mol. The highest BCUT2D eigenvalue weighted by atomic mass is 16.5. The highest BCUT2D eigenvalue weighted by molar-refractivity contribution is 6.06. The summed E-state index contributed by atoms with van der Waals surface area (Å²) in [4.78, 5) is 16.0. The summed E-state index contributed by atoms with van der Waals surface area (Å²) in [6, 6.07) is 11.0. The average Bonchev–Trinajstić information content (AvgIpc) is 2.64. The number of nitrogens with zero attached hydrogens (tertiary/aromatic N) is 2. The van der Waals surface area contributed by atoms with E-state index in [9.17, 15) is 4.79 Å². The van der Waals surface area contributed by atoms with Gasteiger partial charge >= 0.3 is 0 Å². The van der Waals surface area contributed by atoms with Crippen LogP contribution in [0.2, 0.25) is 0 Å². The minimum Gasteiger partial charge on any atom is -0.493 e. The number of benzene rings is 1. The molecule has 0 radical (unpaired) electrons. The topological polar surface area (TPSA) is 72.2 Å². The monoisotopic (exact) mass is 322 g/mol. The predicted octanol–water partition coefficient (Wildman–Crippen LogP) is 3.67. The molecular formula is C19H18N2O3. The Labute approximate surface area is 141 Å². The van der Waals surface area contributed by atoms with Crippen LogP contribution in [0.25, 0.3) is 6.08 Å². The van der Waals surface area contributed by atoms with Crippen molar-refractivity contribution in [3.8, 4) is 17.6 Å². The van der Waals surface area contributed by atoms with E-state index >= 15 is 0 Å². The maximum atomic E-state index is 12.1. The molecular weight excluding hydrogens is 304 g/mol. The number of ketones is 1. The summed E-state index contributed by atoms with van der Waals surface area (Å²) >= 11 is 0. The molecule has 24 heavy (non-hydrogen) atoms. The van der Waals surface area contributed by atoms with Crippen LogP contribution in [-0.2, 0) is 0 Å². The minimum absolute atomic E-state index is 0.115. The number of allylic oxidation sites excluding steroid dienone is 1. The lowest BCUT2D eigenvalue weighted by Crippen LogP contribution is -1.99. The summed E-state index contributed by atoms with van der Waals surface area (Å²) in [5.74, 6) is 1.09. The van der Waals surface area contributed by atoms with E-state index in [1.54, 1.807) is 43.6 Å². The van der Waals surface area contributed by atoms with Crippen molar-refractivity contribution in [1.82, 2.24) is 4.98 Å². The third kappa shape index (κ3) is 4.96. The molecule has 0 N–H and O–H groups in total.